The summed E-state index contributed by atoms with van der Waals surface area (Å²) in [6.45, 7) is 13.3. The van der Waals surface area contributed by atoms with E-state index in [-0.39, 0.29) is 0 Å². The summed E-state index contributed by atoms with van der Waals surface area (Å²) < 4.78 is 2.33. The molecule has 6 aromatic carbocycles. The molecular weight excluding hydrogens is 831 g/mol. The van der Waals surface area contributed by atoms with E-state index in [1.54, 1.807) is 11.8 Å². The highest BCUT2D eigenvalue weighted by Gasteiger charge is 2.10. The number of hydrogen-bond donors (Lipinski definition) is 0. The van der Waals surface area contributed by atoms with Crippen LogP contribution in [0.25, 0.3) is 18.2 Å². The molecule has 0 aliphatic heterocycles. The minimum Gasteiger partial charge on any atom is -0.138 e. The summed E-state index contributed by atoms with van der Waals surface area (Å²) in [4.78, 5) is 0. The molecule has 3 atom stereocenters. The van der Waals surface area contributed by atoms with Crippen LogP contribution in [0.5, 0.6) is 0 Å². The van der Waals surface area contributed by atoms with Crippen molar-refractivity contribution in [3.63, 3.8) is 0 Å². The molecule has 0 amide bonds. The Kier molecular flexibility index (Phi) is 24.0. The molecule has 0 saturated heterocycles. The molecule has 8 heteroatoms. The molecule has 0 aliphatic rings. The van der Waals surface area contributed by atoms with Gasteiger partial charge in [-0.3, -0.25) is 0 Å². The zero-order chi connectivity index (χ0) is 40.4. The maximum atomic E-state index is 5.42. The Hall–Kier alpha value is -3.02. The van der Waals surface area contributed by atoms with E-state index in [1.807, 2.05) is 89.9 Å². The van der Waals surface area contributed by atoms with E-state index in [9.17, 15) is 0 Å². The fourth-order valence-corrected chi connectivity index (χ4v) is 9.47. The predicted octanol–water partition coefficient (Wildman–Crippen LogP) is 16.2. The van der Waals surface area contributed by atoms with Gasteiger partial charge in [-0.15, -0.1) is 34.9 Å². The van der Waals surface area contributed by atoms with Crippen molar-refractivity contribution in [2.45, 2.75) is 23.0 Å². The topological polar surface area (TPSA) is 0 Å². The van der Waals surface area contributed by atoms with Crippen LogP contribution in [0.2, 0.25) is 0 Å². The SMILES string of the molecule is C=Cc1ccc(C)cc1.C=Cc1ccc(CSC(=S)c2ccccc2)cc1.C=Cc1ccc(CSC(SP)c2ccccc2)cc1.PSC(=S)c1ccccc1. The Labute approximate surface area is 367 Å². The van der Waals surface area contributed by atoms with Gasteiger partial charge < -0.3 is 0 Å². The zero-order valence-corrected chi connectivity index (χ0v) is 38.7. The molecule has 0 aliphatic carbocycles. The maximum Gasteiger partial charge on any atom is 0.0815 e. The minimum atomic E-state index is 0.463. The summed E-state index contributed by atoms with van der Waals surface area (Å²) in [6.07, 6.45) is 5.58. The predicted molar refractivity (Wildman–Crippen MR) is 277 cm³/mol. The van der Waals surface area contributed by atoms with Gasteiger partial charge in [-0.1, -0.05) is 260 Å². The molecule has 0 saturated carbocycles. The lowest BCUT2D eigenvalue weighted by molar-refractivity contribution is 1.35. The van der Waals surface area contributed by atoms with Crippen LogP contribution in [0, 0.1) is 6.92 Å². The summed E-state index contributed by atoms with van der Waals surface area (Å²) in [5.74, 6) is 1.93. The van der Waals surface area contributed by atoms with Crippen molar-refractivity contribution >= 4 is 114 Å². The molecule has 6 rings (SSSR count). The molecule has 0 N–H and O–H groups in total. The van der Waals surface area contributed by atoms with Crippen LogP contribution in [-0.4, -0.2) is 8.39 Å². The number of thiocarbonyl (C=S) groups is 2. The van der Waals surface area contributed by atoms with Gasteiger partial charge in [0.1, 0.15) is 0 Å². The average Bonchev–Trinajstić information content (AvgIpc) is 3.27. The van der Waals surface area contributed by atoms with Crippen molar-refractivity contribution in [3.05, 3.63) is 234 Å². The second-order valence-electron chi connectivity index (χ2n) is 11.9. The smallest absolute Gasteiger partial charge is 0.0815 e. The Morgan fingerprint density at radius 2 is 0.929 bits per heavy atom. The van der Waals surface area contributed by atoms with Crippen molar-refractivity contribution < 1.29 is 0 Å². The summed E-state index contributed by atoms with van der Waals surface area (Å²) in [5.41, 5.74) is 11.1. The first-order valence-electron chi connectivity index (χ1n) is 17.6. The zero-order valence-electron chi connectivity index (χ0n) is 31.5. The molecule has 56 heavy (non-hydrogen) atoms. The monoisotopic (exact) mass is 878 g/mol. The third kappa shape index (κ3) is 18.5. The Bertz CT molecular complexity index is 2030. The minimum absolute atomic E-state index is 0.463. The summed E-state index contributed by atoms with van der Waals surface area (Å²) in [5, 5.41) is 0. The first-order valence-corrected chi connectivity index (χ1v) is 25.1. The highest BCUT2D eigenvalue weighted by atomic mass is 32.7. The van der Waals surface area contributed by atoms with Crippen molar-refractivity contribution in [1.82, 2.24) is 0 Å². The van der Waals surface area contributed by atoms with Gasteiger partial charge in [-0.2, -0.15) is 0 Å². The van der Waals surface area contributed by atoms with Gasteiger partial charge in [-0.25, -0.2) is 0 Å². The van der Waals surface area contributed by atoms with Crippen molar-refractivity contribution in [2.75, 3.05) is 0 Å². The lowest BCUT2D eigenvalue weighted by atomic mass is 10.1. The molecule has 0 spiro atoms. The largest absolute Gasteiger partial charge is 0.138 e. The molecular formula is C48H48P2S6. The molecule has 6 aromatic rings. The highest BCUT2D eigenvalue weighted by molar-refractivity contribution is 8.56. The molecule has 0 nitrogen and oxygen atoms in total. The van der Waals surface area contributed by atoms with Gasteiger partial charge in [0.25, 0.3) is 0 Å². The molecule has 0 heterocycles. The fraction of sp³-hybridized carbons (Fsp3) is 0.0833. The van der Waals surface area contributed by atoms with Crippen molar-refractivity contribution in [2.24, 2.45) is 0 Å². The number of rotatable bonds is 12. The fourth-order valence-electron chi connectivity index (χ4n) is 4.65. The van der Waals surface area contributed by atoms with E-state index in [1.165, 1.54) is 44.8 Å². The quantitative estimate of drug-likeness (QED) is 0.0677. The van der Waals surface area contributed by atoms with Crippen LogP contribution in [0.1, 0.15) is 54.7 Å². The number of benzene rings is 6. The third-order valence-electron chi connectivity index (χ3n) is 7.84. The van der Waals surface area contributed by atoms with Gasteiger partial charge in [0.05, 0.1) is 13.0 Å². The normalized spacial score (nSPS) is 10.4. The molecule has 0 bridgehead atoms. The molecule has 0 aromatic heterocycles. The molecule has 0 radical (unpaired) electrons. The van der Waals surface area contributed by atoms with E-state index in [2.05, 4.69) is 159 Å². The maximum absolute atomic E-state index is 5.42. The first-order chi connectivity index (χ1) is 27.3. The van der Waals surface area contributed by atoms with E-state index >= 15 is 0 Å². The van der Waals surface area contributed by atoms with Gasteiger partial charge in [0.15, 0.2) is 0 Å². The third-order valence-corrected chi connectivity index (χ3v) is 15.3. The molecule has 3 unspecified atom stereocenters. The van der Waals surface area contributed by atoms with Gasteiger partial charge in [0, 0.05) is 11.5 Å². The van der Waals surface area contributed by atoms with Gasteiger partial charge >= 0.3 is 0 Å². The second kappa shape index (κ2) is 28.4. The number of hydrogen-bond acceptors (Lipinski definition) is 6. The van der Waals surface area contributed by atoms with Crippen LogP contribution in [0.3, 0.4) is 0 Å². The lowest BCUT2D eigenvalue weighted by Crippen LogP contribution is -1.92. The average molecular weight is 879 g/mol. The van der Waals surface area contributed by atoms with Crippen LogP contribution in [0.15, 0.2) is 184 Å². The summed E-state index contributed by atoms with van der Waals surface area (Å²) in [7, 11) is 5.32. The van der Waals surface area contributed by atoms with Crippen LogP contribution in [0.4, 0.5) is 0 Å². The van der Waals surface area contributed by atoms with Crippen LogP contribution in [-0.2, 0) is 11.5 Å². The standard InChI is InChI=1S/C16H17PS2.C16H14S2.C9H10.C7H7PS2/c1-2-13-8-10-14(11-9-13)12-18-16(19-17)15-6-4-3-5-7-15;1-2-13-8-10-14(11-9-13)12-18-16(17)15-6-4-3-5-7-15;1-3-9-6-4-8(2)5-7-9;8-10-7(9)6-4-2-1-3-5-6/h2-11,16H,1,12,17H2;2-11H,1,12H2;3-7H,1H2,2H3;1-5H,8H2. The Morgan fingerprint density at radius 1 is 0.536 bits per heavy atom. The second-order valence-corrected chi connectivity index (χ2v) is 18.5. The van der Waals surface area contributed by atoms with Gasteiger partial charge in [0.2, 0.25) is 0 Å². The summed E-state index contributed by atoms with van der Waals surface area (Å²) >= 11 is 17.5. The Morgan fingerprint density at radius 3 is 1.34 bits per heavy atom. The van der Waals surface area contributed by atoms with Gasteiger partial charge in [-0.05, 0) is 51.4 Å². The van der Waals surface area contributed by atoms with Crippen molar-refractivity contribution in [3.8, 4) is 0 Å². The highest BCUT2D eigenvalue weighted by Crippen LogP contribution is 2.44. The number of thioether (sulfide) groups is 2. The van der Waals surface area contributed by atoms with E-state index < -0.39 is 0 Å². The Balaban J connectivity index is 0.000000210. The van der Waals surface area contributed by atoms with Crippen LogP contribution >= 0.6 is 87.6 Å². The van der Waals surface area contributed by atoms with E-state index in [0.717, 1.165) is 36.6 Å². The van der Waals surface area contributed by atoms with E-state index in [0.29, 0.717) is 4.58 Å². The van der Waals surface area contributed by atoms with Crippen molar-refractivity contribution in [1.29, 1.82) is 0 Å². The number of aryl methyl sites for hydroxylation is 1. The van der Waals surface area contributed by atoms with E-state index in [4.69, 9.17) is 24.4 Å². The van der Waals surface area contributed by atoms with Crippen LogP contribution < -0.4 is 0 Å². The summed E-state index contributed by atoms with van der Waals surface area (Å²) in [6, 6.07) is 56.0. The molecule has 286 valence electrons. The first kappa shape index (κ1) is 47.4. The lowest BCUT2D eigenvalue weighted by Gasteiger charge is -2.14. The molecule has 0 fully saturated rings.